The van der Waals surface area contributed by atoms with Crippen molar-refractivity contribution in [2.24, 2.45) is 0 Å². The van der Waals surface area contributed by atoms with Crippen molar-refractivity contribution in [3.63, 3.8) is 0 Å². The predicted octanol–water partition coefficient (Wildman–Crippen LogP) is 3.30. The van der Waals surface area contributed by atoms with Crippen LogP contribution < -0.4 is 10.1 Å². The van der Waals surface area contributed by atoms with Crippen molar-refractivity contribution in [3.8, 4) is 5.75 Å². The maximum atomic E-state index is 6.13. The number of rotatable bonds is 4. The molecule has 3 nitrogen and oxygen atoms in total. The Hall–Kier alpha value is -1.22. The van der Waals surface area contributed by atoms with Gasteiger partial charge in [0.05, 0.1) is 5.54 Å². The summed E-state index contributed by atoms with van der Waals surface area (Å²) in [5, 5.41) is 3.39. The second-order valence-corrected chi connectivity index (χ2v) is 6.67. The first-order valence-corrected chi connectivity index (χ1v) is 7.85. The first-order chi connectivity index (χ1) is 9.58. The highest BCUT2D eigenvalue weighted by Crippen LogP contribution is 2.32. The molecule has 1 fully saturated rings. The Labute approximate surface area is 122 Å². The summed E-state index contributed by atoms with van der Waals surface area (Å²) in [6.07, 6.45) is 3.63. The molecule has 1 unspecified atom stereocenters. The lowest BCUT2D eigenvalue weighted by molar-refractivity contribution is 0.0664. The van der Waals surface area contributed by atoms with Crippen molar-refractivity contribution in [2.75, 3.05) is 25.0 Å². The highest BCUT2D eigenvalue weighted by molar-refractivity contribution is 5.57. The molecular weight excluding hydrogens is 248 g/mol. The van der Waals surface area contributed by atoms with Gasteiger partial charge in [0.25, 0.3) is 0 Å². The molecule has 1 saturated heterocycles. The topological polar surface area (TPSA) is 24.5 Å². The van der Waals surface area contributed by atoms with Crippen LogP contribution in [-0.2, 0) is 6.42 Å². The van der Waals surface area contributed by atoms with Crippen molar-refractivity contribution in [3.05, 3.63) is 23.8 Å². The fourth-order valence-corrected chi connectivity index (χ4v) is 3.69. The monoisotopic (exact) mass is 274 g/mol. The van der Waals surface area contributed by atoms with E-state index in [0.29, 0.717) is 6.04 Å². The average molecular weight is 274 g/mol. The molecule has 110 valence electrons. The third-order valence-corrected chi connectivity index (χ3v) is 4.77. The van der Waals surface area contributed by atoms with E-state index in [-0.39, 0.29) is 5.54 Å². The molecule has 0 aromatic heterocycles. The van der Waals surface area contributed by atoms with E-state index in [4.69, 9.17) is 4.74 Å². The maximum absolute atomic E-state index is 6.13. The summed E-state index contributed by atoms with van der Waals surface area (Å²) in [5.74, 6) is 1.02. The van der Waals surface area contributed by atoms with E-state index in [1.54, 1.807) is 0 Å². The van der Waals surface area contributed by atoms with E-state index in [1.807, 2.05) is 0 Å². The van der Waals surface area contributed by atoms with Crippen molar-refractivity contribution in [2.45, 2.75) is 51.6 Å². The molecule has 1 N–H and O–H groups in total. The van der Waals surface area contributed by atoms with Gasteiger partial charge in [-0.3, -0.25) is 4.90 Å². The third kappa shape index (κ3) is 2.51. The summed E-state index contributed by atoms with van der Waals surface area (Å²) in [6.45, 7) is 9.95. The molecule has 1 aromatic carbocycles. The van der Waals surface area contributed by atoms with Crippen molar-refractivity contribution in [1.29, 1.82) is 0 Å². The normalized spacial score (nSPS) is 25.8. The summed E-state index contributed by atoms with van der Waals surface area (Å²) < 4.78 is 6.13. The van der Waals surface area contributed by atoms with Crippen LogP contribution in [-0.4, -0.2) is 36.2 Å². The fraction of sp³-hybridized carbons (Fsp3) is 0.647. The zero-order valence-corrected chi connectivity index (χ0v) is 12.9. The lowest BCUT2D eigenvalue weighted by Gasteiger charge is -2.37. The minimum atomic E-state index is 0.186. The highest BCUT2D eigenvalue weighted by Gasteiger charge is 2.38. The van der Waals surface area contributed by atoms with E-state index in [0.717, 1.165) is 25.3 Å². The number of hydrogen-bond donors (Lipinski definition) is 1. The van der Waals surface area contributed by atoms with Crippen molar-refractivity contribution < 1.29 is 4.74 Å². The first kappa shape index (κ1) is 13.7. The van der Waals surface area contributed by atoms with E-state index >= 15 is 0 Å². The smallest absolute Gasteiger partial charge is 0.119 e. The van der Waals surface area contributed by atoms with Crippen LogP contribution in [0.15, 0.2) is 18.2 Å². The molecule has 1 atom stereocenters. The number of nitrogens with one attached hydrogen (secondary N) is 1. The SMILES string of the molecule is CC(C)N1CCCC1(C)COc1ccc2c(c1)CCN2. The van der Waals surface area contributed by atoms with Crippen LogP contribution in [0.4, 0.5) is 5.69 Å². The highest BCUT2D eigenvalue weighted by atomic mass is 16.5. The van der Waals surface area contributed by atoms with Crippen molar-refractivity contribution in [1.82, 2.24) is 4.90 Å². The summed E-state index contributed by atoms with van der Waals surface area (Å²) in [7, 11) is 0. The Morgan fingerprint density at radius 1 is 1.40 bits per heavy atom. The van der Waals surface area contributed by atoms with Gasteiger partial charge < -0.3 is 10.1 Å². The summed E-state index contributed by atoms with van der Waals surface area (Å²) in [5.41, 5.74) is 2.85. The fourth-order valence-electron chi connectivity index (χ4n) is 3.69. The van der Waals surface area contributed by atoms with Gasteiger partial charge in [0.15, 0.2) is 0 Å². The predicted molar refractivity (Wildman–Crippen MR) is 83.6 cm³/mol. The van der Waals surface area contributed by atoms with Gasteiger partial charge in [0.2, 0.25) is 0 Å². The van der Waals surface area contributed by atoms with Gasteiger partial charge in [-0.1, -0.05) is 0 Å². The summed E-state index contributed by atoms with van der Waals surface area (Å²) in [6, 6.07) is 7.03. The molecule has 1 aromatic rings. The summed E-state index contributed by atoms with van der Waals surface area (Å²) >= 11 is 0. The quantitative estimate of drug-likeness (QED) is 0.911. The zero-order chi connectivity index (χ0) is 14.2. The van der Waals surface area contributed by atoms with Gasteiger partial charge in [-0.2, -0.15) is 0 Å². The molecule has 0 saturated carbocycles. The maximum Gasteiger partial charge on any atom is 0.119 e. The standard InChI is InChI=1S/C17H26N2O/c1-13(2)19-10-4-8-17(19,3)12-20-15-5-6-16-14(11-15)7-9-18-16/h5-6,11,13,18H,4,7-10,12H2,1-3H3. The number of fused-ring (bicyclic) bond motifs is 1. The van der Waals surface area contributed by atoms with Crippen molar-refractivity contribution >= 4 is 5.69 Å². The van der Waals surface area contributed by atoms with Crippen LogP contribution in [0.2, 0.25) is 0 Å². The third-order valence-electron chi connectivity index (χ3n) is 4.77. The molecule has 0 aliphatic carbocycles. The molecule has 3 heteroatoms. The van der Waals surface area contributed by atoms with Gasteiger partial charge in [-0.15, -0.1) is 0 Å². The molecule has 2 heterocycles. The lowest BCUT2D eigenvalue weighted by Crippen LogP contribution is -2.49. The number of benzene rings is 1. The van der Waals surface area contributed by atoms with E-state index in [2.05, 4.69) is 49.2 Å². The van der Waals surface area contributed by atoms with Crippen LogP contribution in [0.5, 0.6) is 5.75 Å². The molecule has 0 bridgehead atoms. The molecule has 0 amide bonds. The van der Waals surface area contributed by atoms with E-state index in [1.165, 1.54) is 30.6 Å². The van der Waals surface area contributed by atoms with E-state index < -0.39 is 0 Å². The first-order valence-electron chi connectivity index (χ1n) is 7.85. The Kier molecular flexibility index (Phi) is 3.63. The van der Waals surface area contributed by atoms with Gasteiger partial charge in [0, 0.05) is 18.3 Å². The Bertz CT molecular complexity index is 486. The van der Waals surface area contributed by atoms with Gasteiger partial charge in [0.1, 0.15) is 12.4 Å². The minimum Gasteiger partial charge on any atom is -0.492 e. The Morgan fingerprint density at radius 3 is 3.05 bits per heavy atom. The molecule has 3 rings (SSSR count). The van der Waals surface area contributed by atoms with Gasteiger partial charge >= 0.3 is 0 Å². The second kappa shape index (κ2) is 5.28. The number of ether oxygens (including phenoxy) is 1. The molecule has 20 heavy (non-hydrogen) atoms. The van der Waals surface area contributed by atoms with Crippen LogP contribution in [0.1, 0.15) is 39.2 Å². The average Bonchev–Trinajstić information content (AvgIpc) is 3.02. The number of hydrogen-bond acceptors (Lipinski definition) is 3. The van der Waals surface area contributed by atoms with Gasteiger partial charge in [-0.25, -0.2) is 0 Å². The Morgan fingerprint density at radius 2 is 2.25 bits per heavy atom. The number of likely N-dealkylation sites (tertiary alicyclic amines) is 1. The number of anilines is 1. The second-order valence-electron chi connectivity index (χ2n) is 6.67. The molecule has 0 spiro atoms. The molecule has 2 aliphatic rings. The van der Waals surface area contributed by atoms with Crippen LogP contribution in [0.25, 0.3) is 0 Å². The van der Waals surface area contributed by atoms with Crippen LogP contribution >= 0.6 is 0 Å². The van der Waals surface area contributed by atoms with Crippen LogP contribution in [0.3, 0.4) is 0 Å². The van der Waals surface area contributed by atoms with Gasteiger partial charge in [-0.05, 0) is 70.3 Å². The number of nitrogens with zero attached hydrogens (tertiary/aromatic N) is 1. The summed E-state index contributed by atoms with van der Waals surface area (Å²) in [4.78, 5) is 2.59. The molecule has 2 aliphatic heterocycles. The lowest BCUT2D eigenvalue weighted by atomic mass is 9.99. The minimum absolute atomic E-state index is 0.186. The van der Waals surface area contributed by atoms with E-state index in [9.17, 15) is 0 Å². The molecular formula is C17H26N2O. The Balaban J connectivity index is 1.67. The molecule has 0 radical (unpaired) electrons. The zero-order valence-electron chi connectivity index (χ0n) is 12.9. The largest absolute Gasteiger partial charge is 0.492 e. The van der Waals surface area contributed by atoms with Crippen LogP contribution in [0, 0.1) is 0 Å².